The first kappa shape index (κ1) is 18.0. The third-order valence-corrected chi connectivity index (χ3v) is 4.20. The number of thiazole rings is 1. The summed E-state index contributed by atoms with van der Waals surface area (Å²) < 4.78 is 4.96. The summed E-state index contributed by atoms with van der Waals surface area (Å²) in [5, 5.41) is 8.31. The van der Waals surface area contributed by atoms with Crippen LogP contribution in [0.1, 0.15) is 16.1 Å². The van der Waals surface area contributed by atoms with Crippen LogP contribution in [0.5, 0.6) is 0 Å². The molecule has 2 rings (SSSR count). The van der Waals surface area contributed by atoms with Crippen LogP contribution in [0.2, 0.25) is 5.02 Å². The molecule has 0 atom stereocenters. The van der Waals surface area contributed by atoms with Crippen LogP contribution in [0.25, 0.3) is 0 Å². The summed E-state index contributed by atoms with van der Waals surface area (Å²) in [5.74, 6) is -1.11. The van der Waals surface area contributed by atoms with Gasteiger partial charge < -0.3 is 15.4 Å². The van der Waals surface area contributed by atoms with Crippen molar-refractivity contribution in [1.29, 1.82) is 0 Å². The Bertz CT molecular complexity index is 761. The van der Waals surface area contributed by atoms with E-state index in [4.69, 9.17) is 16.3 Å². The highest BCUT2D eigenvalue weighted by Gasteiger charge is 2.14. The van der Waals surface area contributed by atoms with Crippen molar-refractivity contribution in [2.45, 2.75) is 6.92 Å². The number of amides is 1. The Hall–Kier alpha value is -2.38. The first-order valence-electron chi connectivity index (χ1n) is 7.03. The van der Waals surface area contributed by atoms with Crippen molar-refractivity contribution in [3.8, 4) is 0 Å². The number of anilines is 2. The Morgan fingerprint density at radius 1 is 1.46 bits per heavy atom. The Kier molecular flexibility index (Phi) is 6.34. The Morgan fingerprint density at radius 2 is 2.25 bits per heavy atom. The summed E-state index contributed by atoms with van der Waals surface area (Å²) in [7, 11) is 0. The molecule has 2 N–H and O–H groups in total. The molecule has 8 heteroatoms. The lowest BCUT2D eigenvalue weighted by Crippen LogP contribution is -2.21. The van der Waals surface area contributed by atoms with Gasteiger partial charge in [-0.2, -0.15) is 0 Å². The van der Waals surface area contributed by atoms with Crippen LogP contribution in [0, 0.1) is 6.92 Å². The largest absolute Gasteiger partial charge is 0.451 e. The number of aromatic nitrogens is 1. The second-order valence-electron chi connectivity index (χ2n) is 4.74. The number of halogens is 1. The molecule has 0 aliphatic heterocycles. The molecule has 126 valence electrons. The van der Waals surface area contributed by atoms with E-state index < -0.39 is 18.5 Å². The monoisotopic (exact) mass is 365 g/mol. The number of nitrogens with one attached hydrogen (secondary N) is 2. The molecule has 1 heterocycles. The predicted molar refractivity (Wildman–Crippen MR) is 95.9 cm³/mol. The second-order valence-corrected chi connectivity index (χ2v) is 6.01. The molecular weight excluding hydrogens is 350 g/mol. The Balaban J connectivity index is 1.87. The van der Waals surface area contributed by atoms with Gasteiger partial charge in [-0.1, -0.05) is 23.7 Å². The second kappa shape index (κ2) is 8.47. The minimum Gasteiger partial charge on any atom is -0.451 e. The van der Waals surface area contributed by atoms with E-state index in [2.05, 4.69) is 22.2 Å². The number of hydrogen-bond donors (Lipinski definition) is 2. The van der Waals surface area contributed by atoms with E-state index in [1.54, 1.807) is 36.6 Å². The molecule has 2 aromatic rings. The van der Waals surface area contributed by atoms with E-state index >= 15 is 0 Å². The van der Waals surface area contributed by atoms with Crippen LogP contribution in [-0.4, -0.2) is 30.0 Å². The van der Waals surface area contributed by atoms with Crippen LogP contribution in [0.4, 0.5) is 10.8 Å². The average molecular weight is 366 g/mol. The minimum absolute atomic E-state index is 0.151. The SMILES string of the molecule is C=CCNc1nc(C(=O)OCC(=O)Nc2cccc(Cl)c2C)cs1. The van der Waals surface area contributed by atoms with Gasteiger partial charge >= 0.3 is 5.97 Å². The highest BCUT2D eigenvalue weighted by molar-refractivity contribution is 7.13. The van der Waals surface area contributed by atoms with Crippen LogP contribution in [0.15, 0.2) is 36.2 Å². The fraction of sp³-hybridized carbons (Fsp3) is 0.188. The zero-order valence-electron chi connectivity index (χ0n) is 13.0. The van der Waals surface area contributed by atoms with Gasteiger partial charge in [0.15, 0.2) is 17.4 Å². The molecule has 0 saturated carbocycles. The summed E-state index contributed by atoms with van der Waals surface area (Å²) in [5.41, 5.74) is 1.47. The summed E-state index contributed by atoms with van der Waals surface area (Å²) in [4.78, 5) is 27.8. The third-order valence-electron chi connectivity index (χ3n) is 2.99. The minimum atomic E-state index is -0.657. The summed E-state index contributed by atoms with van der Waals surface area (Å²) in [6.45, 7) is 5.51. The maximum atomic E-state index is 11.9. The number of esters is 1. The van der Waals surface area contributed by atoms with E-state index in [1.807, 2.05) is 0 Å². The Labute approximate surface area is 148 Å². The van der Waals surface area contributed by atoms with Crippen LogP contribution in [0.3, 0.4) is 0 Å². The number of nitrogens with zero attached hydrogens (tertiary/aromatic N) is 1. The van der Waals surface area contributed by atoms with E-state index in [1.165, 1.54) is 11.3 Å². The summed E-state index contributed by atoms with van der Waals surface area (Å²) in [6.07, 6.45) is 1.68. The van der Waals surface area contributed by atoms with E-state index in [0.717, 1.165) is 5.56 Å². The zero-order valence-corrected chi connectivity index (χ0v) is 14.5. The number of hydrogen-bond acceptors (Lipinski definition) is 6. The van der Waals surface area contributed by atoms with Crippen molar-refractivity contribution in [3.05, 3.63) is 52.5 Å². The number of rotatable bonds is 7. The molecule has 1 aromatic heterocycles. The van der Waals surface area contributed by atoms with Crippen LogP contribution < -0.4 is 10.6 Å². The fourth-order valence-electron chi connectivity index (χ4n) is 1.74. The van der Waals surface area contributed by atoms with E-state index in [9.17, 15) is 9.59 Å². The molecule has 0 saturated heterocycles. The number of carbonyl (C=O) groups excluding carboxylic acids is 2. The Morgan fingerprint density at radius 3 is 3.00 bits per heavy atom. The molecule has 6 nitrogen and oxygen atoms in total. The van der Waals surface area contributed by atoms with Crippen molar-refractivity contribution in [2.75, 3.05) is 23.8 Å². The standard InChI is InChI=1S/C16H16ClN3O3S/c1-3-7-18-16-20-13(9-24-16)15(22)23-8-14(21)19-12-6-4-5-11(17)10(12)2/h3-6,9H,1,7-8H2,2H3,(H,18,20)(H,19,21). The van der Waals surface area contributed by atoms with E-state index in [-0.39, 0.29) is 5.69 Å². The topological polar surface area (TPSA) is 80.3 Å². The zero-order chi connectivity index (χ0) is 17.5. The normalized spacial score (nSPS) is 10.1. The van der Waals surface area contributed by atoms with Gasteiger partial charge in [-0.25, -0.2) is 9.78 Å². The van der Waals surface area contributed by atoms with Crippen LogP contribution >= 0.6 is 22.9 Å². The average Bonchev–Trinajstić information content (AvgIpc) is 3.04. The van der Waals surface area contributed by atoms with Gasteiger partial charge in [0.1, 0.15) is 0 Å². The first-order valence-corrected chi connectivity index (χ1v) is 8.29. The number of carbonyl (C=O) groups is 2. The lowest BCUT2D eigenvalue weighted by atomic mass is 10.2. The van der Waals surface area contributed by atoms with Crippen molar-refractivity contribution in [1.82, 2.24) is 4.98 Å². The van der Waals surface area contributed by atoms with Crippen molar-refractivity contribution in [3.63, 3.8) is 0 Å². The van der Waals surface area contributed by atoms with Gasteiger partial charge in [0.05, 0.1) is 0 Å². The van der Waals surface area contributed by atoms with Crippen molar-refractivity contribution in [2.24, 2.45) is 0 Å². The molecular formula is C16H16ClN3O3S. The molecule has 0 aliphatic rings. The van der Waals surface area contributed by atoms with Gasteiger partial charge in [0.25, 0.3) is 5.91 Å². The van der Waals surface area contributed by atoms with Crippen molar-refractivity contribution < 1.29 is 14.3 Å². The molecule has 0 aliphatic carbocycles. The van der Waals surface area contributed by atoms with Gasteiger partial charge in [0.2, 0.25) is 0 Å². The maximum absolute atomic E-state index is 11.9. The highest BCUT2D eigenvalue weighted by Crippen LogP contribution is 2.22. The molecule has 1 amide bonds. The highest BCUT2D eigenvalue weighted by atomic mass is 35.5. The first-order chi connectivity index (χ1) is 11.5. The van der Waals surface area contributed by atoms with Crippen molar-refractivity contribution >= 4 is 45.6 Å². The van der Waals surface area contributed by atoms with Gasteiger partial charge in [-0.3, -0.25) is 4.79 Å². The number of benzene rings is 1. The lowest BCUT2D eigenvalue weighted by Gasteiger charge is -2.09. The quantitative estimate of drug-likeness (QED) is 0.579. The summed E-state index contributed by atoms with van der Waals surface area (Å²) in [6, 6.07) is 5.18. The smallest absolute Gasteiger partial charge is 0.358 e. The molecule has 0 spiro atoms. The molecule has 0 fully saturated rings. The van der Waals surface area contributed by atoms with Crippen LogP contribution in [-0.2, 0) is 9.53 Å². The van der Waals surface area contributed by atoms with Gasteiger partial charge in [-0.05, 0) is 24.6 Å². The lowest BCUT2D eigenvalue weighted by molar-refractivity contribution is -0.119. The molecule has 0 bridgehead atoms. The third kappa shape index (κ3) is 4.81. The molecule has 1 aromatic carbocycles. The fourth-order valence-corrected chi connectivity index (χ4v) is 2.61. The van der Waals surface area contributed by atoms with Gasteiger partial charge in [0, 0.05) is 22.6 Å². The van der Waals surface area contributed by atoms with E-state index in [0.29, 0.717) is 22.4 Å². The van der Waals surface area contributed by atoms with Gasteiger partial charge in [-0.15, -0.1) is 17.9 Å². The molecule has 0 unspecified atom stereocenters. The molecule has 24 heavy (non-hydrogen) atoms. The molecule has 0 radical (unpaired) electrons. The summed E-state index contributed by atoms with van der Waals surface area (Å²) >= 11 is 7.26. The maximum Gasteiger partial charge on any atom is 0.358 e. The predicted octanol–water partition coefficient (Wildman–Crippen LogP) is 3.50. The number of ether oxygens (including phenoxy) is 1.